The maximum atomic E-state index is 10.6. The Morgan fingerprint density at radius 3 is 0.667 bits per heavy atom. The molecular formula is C2F6MnO4S2. The van der Waals surface area contributed by atoms with Crippen molar-refractivity contribution in [1.82, 2.24) is 0 Å². The van der Waals surface area contributed by atoms with Gasteiger partial charge in [-0.1, -0.05) is 0 Å². The normalized spacial score (nSPS) is 11.7. The molecule has 0 rings (SSSR count). The summed E-state index contributed by atoms with van der Waals surface area (Å²) >= 11 is 0. The van der Waals surface area contributed by atoms with Crippen LogP contribution in [0.2, 0.25) is 0 Å². The number of hydrogen-bond donors (Lipinski definition) is 0. The zero-order valence-corrected chi connectivity index (χ0v) is 8.91. The minimum absolute atomic E-state index is 0. The molecule has 0 fully saturated rings. The zero-order chi connectivity index (χ0) is 12.2. The van der Waals surface area contributed by atoms with Gasteiger partial charge in [0.05, 0.1) is 0 Å². The quantitative estimate of drug-likeness (QED) is 0.386. The van der Waals surface area contributed by atoms with E-state index in [1.54, 1.807) is 0 Å². The first-order chi connectivity index (χ1) is 5.89. The molecule has 0 atom stereocenters. The van der Waals surface area contributed by atoms with Crippen molar-refractivity contribution in [3.05, 3.63) is 0 Å². The van der Waals surface area contributed by atoms with E-state index in [0.29, 0.717) is 0 Å². The number of alkyl halides is 6. The zero-order valence-electron chi connectivity index (χ0n) is 6.10. The fraction of sp³-hybridized carbons (Fsp3) is 1.00. The van der Waals surface area contributed by atoms with Gasteiger partial charge in [0.15, 0.2) is 0 Å². The molecule has 4 nitrogen and oxygen atoms in total. The van der Waals surface area contributed by atoms with Crippen LogP contribution in [-0.4, -0.2) is 11.0 Å². The molecule has 0 N–H and O–H groups in total. The van der Waals surface area contributed by atoms with Crippen LogP contribution in [0.25, 0.3) is 0 Å². The molecule has 0 aliphatic carbocycles. The maximum Gasteiger partial charge on any atom is 2.00 e. The van der Waals surface area contributed by atoms with Crippen LogP contribution in [0.1, 0.15) is 0 Å². The van der Waals surface area contributed by atoms with Crippen LogP contribution in [0, 0.1) is 0 Å². The van der Waals surface area contributed by atoms with E-state index in [0.717, 1.165) is 0 Å². The third-order valence-electron chi connectivity index (χ3n) is 0.378. The average Bonchev–Trinajstić information content (AvgIpc) is 1.83. The molecule has 0 amide bonds. The molecule has 0 aliphatic heterocycles. The van der Waals surface area contributed by atoms with Gasteiger partial charge in [0.2, 0.25) is 0 Å². The van der Waals surface area contributed by atoms with Crippen LogP contribution in [-0.2, 0) is 55.3 Å². The monoisotopic (exact) mass is 321 g/mol. The predicted octanol–water partition coefficient (Wildman–Crippen LogP) is 1.63. The molecule has 0 aromatic carbocycles. The van der Waals surface area contributed by atoms with E-state index in [9.17, 15) is 26.3 Å². The van der Waals surface area contributed by atoms with Gasteiger partial charge in [0.25, 0.3) is 0 Å². The molecule has 0 aromatic heterocycles. The van der Waals surface area contributed by atoms with E-state index in [2.05, 4.69) is 0 Å². The van der Waals surface area contributed by atoms with Gasteiger partial charge in [0.1, 0.15) is 0 Å². The van der Waals surface area contributed by atoms with Crippen LogP contribution in [0.15, 0.2) is 0 Å². The van der Waals surface area contributed by atoms with Gasteiger partial charge < -0.3 is 16.8 Å². The van der Waals surface area contributed by atoms with Gasteiger partial charge in [-0.05, 0) is 0 Å². The Balaban J connectivity index is -0.000000180. The number of halogens is 6. The fourth-order valence-corrected chi connectivity index (χ4v) is 0. The maximum absolute atomic E-state index is 10.6. The number of rotatable bonds is 0. The van der Waals surface area contributed by atoms with Crippen molar-refractivity contribution in [2.24, 2.45) is 0 Å². The summed E-state index contributed by atoms with van der Waals surface area (Å²) in [6.07, 6.45) is 0. The molecule has 0 saturated heterocycles. The average molecular weight is 321 g/mol. The van der Waals surface area contributed by atoms with Crippen LogP contribution >= 0.6 is 0 Å². The summed E-state index contributed by atoms with van der Waals surface area (Å²) in [6, 6.07) is 0. The molecule has 0 unspecified atom stereocenters. The van der Waals surface area contributed by atoms with Crippen molar-refractivity contribution in [3.8, 4) is 0 Å². The first-order valence-corrected chi connectivity index (χ1v) is 4.36. The van der Waals surface area contributed by atoms with E-state index < -0.39 is 32.4 Å². The topological polar surface area (TPSA) is 68.3 Å². The van der Waals surface area contributed by atoms with E-state index in [4.69, 9.17) is 16.8 Å². The SMILES string of the molecule is O=[S-](=O)C(F)(F)F.O=[S-](=O)C(F)(F)F.[Mn+2]. The summed E-state index contributed by atoms with van der Waals surface area (Å²) in [4.78, 5) is 0. The van der Waals surface area contributed by atoms with Gasteiger partial charge >= 0.3 is 28.1 Å². The summed E-state index contributed by atoms with van der Waals surface area (Å²) in [5.74, 6) is 0. The van der Waals surface area contributed by atoms with Crippen molar-refractivity contribution in [1.29, 1.82) is 0 Å². The van der Waals surface area contributed by atoms with Gasteiger partial charge in [-0.15, -0.1) is 0 Å². The molecule has 0 saturated carbocycles. The summed E-state index contributed by atoms with van der Waals surface area (Å²) in [7, 11) is -7.87. The Morgan fingerprint density at radius 1 is 0.600 bits per heavy atom. The summed E-state index contributed by atoms with van der Waals surface area (Å²) in [6.45, 7) is 0. The summed E-state index contributed by atoms with van der Waals surface area (Å²) < 4.78 is 99.0. The molecule has 13 heteroatoms. The Labute approximate surface area is 93.0 Å². The molecule has 0 aliphatic rings. The summed E-state index contributed by atoms with van der Waals surface area (Å²) in [5, 5.41) is 0. The Hall–Kier alpha value is -0.000519. The van der Waals surface area contributed by atoms with Crippen LogP contribution < -0.4 is 0 Å². The molecule has 1 radical (unpaired) electrons. The van der Waals surface area contributed by atoms with Crippen molar-refractivity contribution in [3.63, 3.8) is 0 Å². The number of hydrogen-bond acceptors (Lipinski definition) is 6. The van der Waals surface area contributed by atoms with Crippen molar-refractivity contribution in [2.45, 2.75) is 11.0 Å². The molecule has 0 aromatic rings. The van der Waals surface area contributed by atoms with Crippen molar-refractivity contribution < 1.29 is 60.2 Å². The third kappa shape index (κ3) is 14.0. The van der Waals surface area contributed by atoms with Gasteiger partial charge in [0, 0.05) is 21.4 Å². The molecule has 0 bridgehead atoms. The van der Waals surface area contributed by atoms with Gasteiger partial charge in [-0.3, -0.25) is 0 Å². The van der Waals surface area contributed by atoms with E-state index in [1.165, 1.54) is 0 Å². The largest absolute Gasteiger partial charge is 2.00 e. The minimum atomic E-state index is -5.08. The second-order valence-electron chi connectivity index (χ2n) is 1.36. The third-order valence-corrected chi connectivity index (χ3v) is 1.13. The van der Waals surface area contributed by atoms with Crippen molar-refractivity contribution >= 4 is 21.4 Å². The molecule has 93 valence electrons. The Morgan fingerprint density at radius 2 is 0.667 bits per heavy atom. The van der Waals surface area contributed by atoms with E-state index >= 15 is 0 Å². The van der Waals surface area contributed by atoms with Crippen LogP contribution in [0.4, 0.5) is 26.3 Å². The van der Waals surface area contributed by atoms with Crippen molar-refractivity contribution in [2.75, 3.05) is 0 Å². The molecular weight excluding hydrogens is 321 g/mol. The van der Waals surface area contributed by atoms with Gasteiger partial charge in [-0.2, -0.15) is 26.3 Å². The molecule has 0 spiro atoms. The second kappa shape index (κ2) is 7.30. The van der Waals surface area contributed by atoms with Crippen LogP contribution in [0.5, 0.6) is 0 Å². The standard InChI is InChI=1S/2CF3O2S.Mn/c2*2-1(3,4)7(5)6;/q2*-1;+2. The van der Waals surface area contributed by atoms with Crippen LogP contribution in [0.3, 0.4) is 0 Å². The molecule has 0 heterocycles. The van der Waals surface area contributed by atoms with E-state index in [1.807, 2.05) is 0 Å². The first kappa shape index (κ1) is 20.4. The Bertz CT molecular complexity index is 264. The minimum Gasteiger partial charge on any atom is -0.416 e. The fourth-order valence-electron chi connectivity index (χ4n) is 0. The second-order valence-corrected chi connectivity index (χ2v) is 3.23. The first-order valence-electron chi connectivity index (χ1n) is 2.21. The van der Waals surface area contributed by atoms with Gasteiger partial charge in [-0.25, -0.2) is 0 Å². The smallest absolute Gasteiger partial charge is 0.416 e. The summed E-state index contributed by atoms with van der Waals surface area (Å²) in [5.41, 5.74) is -10.2. The predicted molar refractivity (Wildman–Crippen MR) is 29.6 cm³/mol. The van der Waals surface area contributed by atoms with E-state index in [-0.39, 0.29) is 17.1 Å². The Kier molecular flexibility index (Phi) is 9.94. The molecule has 15 heavy (non-hydrogen) atoms.